The van der Waals surface area contributed by atoms with Crippen LogP contribution in [-0.4, -0.2) is 29.7 Å². The van der Waals surface area contributed by atoms with E-state index in [2.05, 4.69) is 4.90 Å². The molecule has 0 bridgehead atoms. The van der Waals surface area contributed by atoms with Crippen LogP contribution < -0.4 is 5.73 Å². The topological polar surface area (TPSA) is 49.5 Å². The highest BCUT2D eigenvalue weighted by atomic mass is 19.1. The minimum absolute atomic E-state index is 0.0570. The highest BCUT2D eigenvalue weighted by Crippen LogP contribution is 2.36. The highest BCUT2D eigenvalue weighted by Gasteiger charge is 2.34. The van der Waals surface area contributed by atoms with Crippen molar-refractivity contribution >= 4 is 0 Å². The van der Waals surface area contributed by atoms with Crippen LogP contribution in [0.25, 0.3) is 0 Å². The van der Waals surface area contributed by atoms with Crippen LogP contribution in [0, 0.1) is 11.2 Å². The Labute approximate surface area is 107 Å². The molecule has 1 aliphatic rings. The van der Waals surface area contributed by atoms with Crippen LogP contribution in [0.15, 0.2) is 18.2 Å². The first kappa shape index (κ1) is 13.5. The van der Waals surface area contributed by atoms with Crippen LogP contribution in [0.5, 0.6) is 0 Å². The van der Waals surface area contributed by atoms with E-state index in [0.29, 0.717) is 19.6 Å². The van der Waals surface area contributed by atoms with Gasteiger partial charge in [0.25, 0.3) is 0 Å². The molecule has 100 valence electrons. The van der Waals surface area contributed by atoms with Crippen LogP contribution in [-0.2, 0) is 6.54 Å². The molecule has 0 aliphatic carbocycles. The first-order valence-corrected chi connectivity index (χ1v) is 6.31. The smallest absolute Gasteiger partial charge is 0.128 e. The molecule has 1 aromatic carbocycles. The Morgan fingerprint density at radius 2 is 2.22 bits per heavy atom. The van der Waals surface area contributed by atoms with Gasteiger partial charge < -0.3 is 10.8 Å². The lowest BCUT2D eigenvalue weighted by Gasteiger charge is -2.32. The van der Waals surface area contributed by atoms with Gasteiger partial charge in [-0.2, -0.15) is 0 Å². The van der Waals surface area contributed by atoms with E-state index < -0.39 is 0 Å². The van der Waals surface area contributed by atoms with E-state index in [4.69, 9.17) is 5.73 Å². The van der Waals surface area contributed by atoms with E-state index in [9.17, 15) is 9.50 Å². The second kappa shape index (κ2) is 4.96. The molecule has 3 nitrogen and oxygen atoms in total. The third-order valence-electron chi connectivity index (χ3n) is 3.60. The largest absolute Gasteiger partial charge is 0.396 e. The average Bonchev–Trinajstić information content (AvgIpc) is 2.67. The number of nitrogens with zero attached hydrogens (tertiary/aromatic N) is 1. The monoisotopic (exact) mass is 252 g/mol. The molecule has 1 aromatic rings. The van der Waals surface area contributed by atoms with Crippen LogP contribution in [0.2, 0.25) is 0 Å². The van der Waals surface area contributed by atoms with Crippen LogP contribution >= 0.6 is 0 Å². The van der Waals surface area contributed by atoms with Gasteiger partial charge in [-0.1, -0.05) is 26.0 Å². The van der Waals surface area contributed by atoms with Gasteiger partial charge in [0.15, 0.2) is 0 Å². The molecule has 0 radical (unpaired) electrons. The van der Waals surface area contributed by atoms with Gasteiger partial charge in [0.1, 0.15) is 5.82 Å². The summed E-state index contributed by atoms with van der Waals surface area (Å²) in [5.41, 5.74) is 7.36. The Morgan fingerprint density at radius 3 is 2.83 bits per heavy atom. The summed E-state index contributed by atoms with van der Waals surface area (Å²) in [4.78, 5) is 2.16. The summed E-state index contributed by atoms with van der Waals surface area (Å²) in [6.45, 7) is 5.87. The van der Waals surface area contributed by atoms with Gasteiger partial charge in [-0.3, -0.25) is 4.90 Å². The maximum atomic E-state index is 13.8. The van der Waals surface area contributed by atoms with Crippen molar-refractivity contribution in [3.05, 3.63) is 35.1 Å². The number of aliphatic hydroxyl groups excluding tert-OH is 1. The molecule has 0 amide bonds. The van der Waals surface area contributed by atoms with Gasteiger partial charge in [-0.15, -0.1) is 0 Å². The quantitative estimate of drug-likeness (QED) is 0.857. The molecule has 0 aromatic heterocycles. The van der Waals surface area contributed by atoms with Crippen LogP contribution in [0.1, 0.15) is 31.0 Å². The van der Waals surface area contributed by atoms with Gasteiger partial charge in [0.2, 0.25) is 0 Å². The normalized spacial score (nSPS) is 20.2. The highest BCUT2D eigenvalue weighted by molar-refractivity contribution is 5.35. The van der Waals surface area contributed by atoms with Gasteiger partial charge >= 0.3 is 0 Å². The maximum Gasteiger partial charge on any atom is 0.128 e. The van der Waals surface area contributed by atoms with Crippen LogP contribution in [0.4, 0.5) is 4.39 Å². The van der Waals surface area contributed by atoms with Gasteiger partial charge in [0.05, 0.1) is 0 Å². The zero-order valence-corrected chi connectivity index (χ0v) is 11.0. The molecule has 2 rings (SSSR count). The Morgan fingerprint density at radius 1 is 1.50 bits per heavy atom. The molecule has 1 aliphatic heterocycles. The average molecular weight is 252 g/mol. The predicted molar refractivity (Wildman–Crippen MR) is 69.5 cm³/mol. The Kier molecular flexibility index (Phi) is 3.71. The van der Waals surface area contributed by atoms with Crippen molar-refractivity contribution in [3.8, 4) is 0 Å². The Bertz CT molecular complexity index is 434. The maximum absolute atomic E-state index is 13.8. The van der Waals surface area contributed by atoms with Crippen molar-refractivity contribution in [2.75, 3.05) is 19.7 Å². The van der Waals surface area contributed by atoms with Gasteiger partial charge in [0, 0.05) is 43.3 Å². The first-order chi connectivity index (χ1) is 8.48. The Hall–Kier alpha value is -0.970. The summed E-state index contributed by atoms with van der Waals surface area (Å²) in [5, 5.41) is 9.35. The summed E-state index contributed by atoms with van der Waals surface area (Å²) >= 11 is 0. The summed E-state index contributed by atoms with van der Waals surface area (Å²) in [6.07, 6.45) is 0. The fourth-order valence-electron chi connectivity index (χ4n) is 2.61. The van der Waals surface area contributed by atoms with Gasteiger partial charge in [-0.25, -0.2) is 4.39 Å². The third-order valence-corrected chi connectivity index (χ3v) is 3.60. The number of nitrogens with two attached hydrogens (primary N) is 1. The molecule has 1 heterocycles. The molecule has 0 spiro atoms. The predicted octanol–water partition coefficient (Wildman–Crippen LogP) is 1.66. The molecular formula is C14H21FN2O. The lowest BCUT2D eigenvalue weighted by atomic mass is 9.93. The molecule has 1 unspecified atom stereocenters. The van der Waals surface area contributed by atoms with Crippen molar-refractivity contribution in [1.29, 1.82) is 0 Å². The minimum atomic E-state index is -0.202. The van der Waals surface area contributed by atoms with E-state index in [-0.39, 0.29) is 23.9 Å². The molecule has 0 saturated carbocycles. The Balaban J connectivity index is 2.25. The number of hydrogen-bond acceptors (Lipinski definition) is 3. The lowest BCUT2D eigenvalue weighted by molar-refractivity contribution is 0.0843. The van der Waals surface area contributed by atoms with Crippen molar-refractivity contribution in [2.45, 2.75) is 26.4 Å². The summed E-state index contributed by atoms with van der Waals surface area (Å²) < 4.78 is 13.8. The van der Waals surface area contributed by atoms with E-state index in [1.54, 1.807) is 6.07 Å². The van der Waals surface area contributed by atoms with E-state index in [0.717, 1.165) is 11.1 Å². The van der Waals surface area contributed by atoms with E-state index in [1.807, 2.05) is 19.9 Å². The summed E-state index contributed by atoms with van der Waals surface area (Å²) in [7, 11) is 0. The van der Waals surface area contributed by atoms with Crippen molar-refractivity contribution in [2.24, 2.45) is 11.1 Å². The fraction of sp³-hybridized carbons (Fsp3) is 0.571. The molecule has 1 atom stereocenters. The minimum Gasteiger partial charge on any atom is -0.396 e. The molecule has 18 heavy (non-hydrogen) atoms. The van der Waals surface area contributed by atoms with E-state index in [1.165, 1.54) is 6.07 Å². The fourth-order valence-corrected chi connectivity index (χ4v) is 2.61. The van der Waals surface area contributed by atoms with Gasteiger partial charge in [-0.05, 0) is 11.6 Å². The lowest BCUT2D eigenvalue weighted by Crippen LogP contribution is -2.37. The summed E-state index contributed by atoms with van der Waals surface area (Å²) in [5.74, 6) is -0.157. The second-order valence-corrected chi connectivity index (χ2v) is 5.79. The first-order valence-electron chi connectivity index (χ1n) is 6.31. The van der Waals surface area contributed by atoms with Crippen molar-refractivity contribution in [3.63, 3.8) is 0 Å². The molecule has 4 heteroatoms. The number of rotatable bonds is 4. The number of fused-ring (bicyclic) bond motifs is 1. The number of halogens is 1. The number of benzene rings is 1. The molecule has 0 saturated heterocycles. The van der Waals surface area contributed by atoms with Crippen LogP contribution in [0.3, 0.4) is 0 Å². The molecular weight excluding hydrogens is 231 g/mol. The summed E-state index contributed by atoms with van der Waals surface area (Å²) in [6, 6.07) is 5.23. The number of hydrogen-bond donors (Lipinski definition) is 2. The van der Waals surface area contributed by atoms with Crippen molar-refractivity contribution < 1.29 is 9.50 Å². The zero-order valence-electron chi connectivity index (χ0n) is 11.0. The van der Waals surface area contributed by atoms with Crippen molar-refractivity contribution in [1.82, 2.24) is 4.90 Å². The zero-order chi connectivity index (χ0) is 13.3. The van der Waals surface area contributed by atoms with E-state index >= 15 is 0 Å². The molecule has 0 fully saturated rings. The molecule has 3 N–H and O–H groups in total. The SMILES string of the molecule is CC(C)(CO)CN1Cc2c(F)cccc2C1CN. The standard InChI is InChI=1S/C14H21FN2O/c1-14(2,9-18)8-17-7-11-10(13(17)6-16)4-3-5-12(11)15/h3-5,13,18H,6-9,16H2,1-2H3. The third kappa shape index (κ3) is 2.41. The number of aliphatic hydroxyl groups is 1. The second-order valence-electron chi connectivity index (χ2n) is 5.79.